The normalized spacial score (nSPS) is 12.1. The van der Waals surface area contributed by atoms with E-state index in [4.69, 9.17) is 9.15 Å². The van der Waals surface area contributed by atoms with Gasteiger partial charge in [-0.2, -0.15) is 0 Å². The number of rotatable bonds is 3. The van der Waals surface area contributed by atoms with Crippen LogP contribution in [0, 0.1) is 13.8 Å². The van der Waals surface area contributed by atoms with Gasteiger partial charge in [0, 0.05) is 6.07 Å². The summed E-state index contributed by atoms with van der Waals surface area (Å²) in [5.74, 6) is -0.228. The third-order valence-corrected chi connectivity index (χ3v) is 3.84. The molecule has 0 unspecified atom stereocenters. The van der Waals surface area contributed by atoms with Crippen LogP contribution in [-0.4, -0.2) is 15.9 Å². The third-order valence-electron chi connectivity index (χ3n) is 3.84. The van der Waals surface area contributed by atoms with Crippen LogP contribution in [0.3, 0.4) is 0 Å². The first-order valence-corrected chi connectivity index (χ1v) is 7.68. The van der Waals surface area contributed by atoms with Gasteiger partial charge in [-0.15, -0.1) is 0 Å². The van der Waals surface area contributed by atoms with Crippen molar-refractivity contribution in [3.8, 4) is 0 Å². The Morgan fingerprint density at radius 3 is 2.68 bits per heavy atom. The molecule has 0 aliphatic heterocycles. The molecule has 25 heavy (non-hydrogen) atoms. The first kappa shape index (κ1) is 16.6. The first-order valence-electron chi connectivity index (χ1n) is 7.68. The summed E-state index contributed by atoms with van der Waals surface area (Å²) < 4.78 is 10.3. The highest BCUT2D eigenvalue weighted by molar-refractivity contribution is 5.92. The van der Waals surface area contributed by atoms with Crippen molar-refractivity contribution in [2.75, 3.05) is 0 Å². The van der Waals surface area contributed by atoms with E-state index in [9.17, 15) is 14.4 Å². The average Bonchev–Trinajstić information content (AvgIpc) is 2.53. The highest BCUT2D eigenvalue weighted by Crippen LogP contribution is 2.19. The summed E-state index contributed by atoms with van der Waals surface area (Å²) in [5, 5.41) is 0.460. The van der Waals surface area contributed by atoms with Crippen molar-refractivity contribution >= 4 is 16.9 Å². The number of nitrogens with zero attached hydrogens (tertiary/aromatic N) is 1. The zero-order chi connectivity index (χ0) is 18.1. The van der Waals surface area contributed by atoms with Crippen molar-refractivity contribution in [2.24, 2.45) is 0 Å². The zero-order valence-corrected chi connectivity index (χ0v) is 14.0. The largest absolute Gasteiger partial charge is 0.451 e. The van der Waals surface area contributed by atoms with Crippen molar-refractivity contribution in [3.63, 3.8) is 0 Å². The quantitative estimate of drug-likeness (QED) is 0.735. The second kappa shape index (κ2) is 6.35. The van der Waals surface area contributed by atoms with E-state index in [-0.39, 0.29) is 22.7 Å². The Labute approximate surface area is 142 Å². The van der Waals surface area contributed by atoms with E-state index in [1.807, 2.05) is 0 Å². The number of para-hydroxylation sites is 1. The minimum absolute atomic E-state index is 0.183. The first-order chi connectivity index (χ1) is 11.9. The number of ether oxygens (including phenoxy) is 1. The van der Waals surface area contributed by atoms with Crippen molar-refractivity contribution in [2.45, 2.75) is 26.9 Å². The van der Waals surface area contributed by atoms with E-state index >= 15 is 0 Å². The molecule has 2 heterocycles. The smallest absolute Gasteiger partial charge is 0.342 e. The van der Waals surface area contributed by atoms with Crippen LogP contribution in [0.25, 0.3) is 10.9 Å². The number of aromatic nitrogens is 2. The van der Waals surface area contributed by atoms with Gasteiger partial charge in [-0.3, -0.25) is 4.79 Å². The number of benzene rings is 1. The van der Waals surface area contributed by atoms with E-state index in [2.05, 4.69) is 9.97 Å². The maximum Gasteiger partial charge on any atom is 0.342 e. The Morgan fingerprint density at radius 1 is 1.24 bits per heavy atom. The predicted octanol–water partition coefficient (Wildman–Crippen LogP) is 2.41. The van der Waals surface area contributed by atoms with Gasteiger partial charge in [0.25, 0.3) is 5.56 Å². The molecule has 3 rings (SSSR count). The van der Waals surface area contributed by atoms with Gasteiger partial charge in [0.2, 0.25) is 0 Å². The van der Waals surface area contributed by atoms with Gasteiger partial charge in [0.15, 0.2) is 11.9 Å². The topological polar surface area (TPSA) is 102 Å². The van der Waals surface area contributed by atoms with E-state index in [0.29, 0.717) is 16.5 Å². The molecule has 3 aromatic rings. The number of carbonyl (C=O) groups is 1. The second-order valence-corrected chi connectivity index (χ2v) is 5.70. The fourth-order valence-electron chi connectivity index (χ4n) is 2.64. The zero-order valence-electron chi connectivity index (χ0n) is 14.0. The van der Waals surface area contributed by atoms with Crippen LogP contribution in [0.5, 0.6) is 0 Å². The highest BCUT2D eigenvalue weighted by Gasteiger charge is 2.21. The summed E-state index contributed by atoms with van der Waals surface area (Å²) in [6.45, 7) is 4.75. The molecule has 1 N–H and O–H groups in total. The van der Waals surface area contributed by atoms with Gasteiger partial charge in [-0.05, 0) is 38.5 Å². The van der Waals surface area contributed by atoms with Crippen LogP contribution < -0.4 is 11.2 Å². The number of aromatic amines is 1. The molecule has 0 saturated heterocycles. The number of hydrogen-bond donors (Lipinski definition) is 1. The Kier molecular flexibility index (Phi) is 4.22. The number of carbonyl (C=O) groups excluding carboxylic acids is 1. The number of esters is 1. The maximum atomic E-state index is 12.4. The summed E-state index contributed by atoms with van der Waals surface area (Å²) >= 11 is 0. The van der Waals surface area contributed by atoms with Crippen LogP contribution >= 0.6 is 0 Å². The lowest BCUT2D eigenvalue weighted by atomic mass is 10.1. The molecule has 0 saturated carbocycles. The monoisotopic (exact) mass is 340 g/mol. The highest BCUT2D eigenvalue weighted by atomic mass is 16.5. The average molecular weight is 340 g/mol. The van der Waals surface area contributed by atoms with Gasteiger partial charge >= 0.3 is 11.6 Å². The van der Waals surface area contributed by atoms with Gasteiger partial charge in [0.05, 0.1) is 10.9 Å². The van der Waals surface area contributed by atoms with E-state index in [0.717, 1.165) is 0 Å². The molecule has 0 amide bonds. The van der Waals surface area contributed by atoms with Crippen molar-refractivity contribution in [1.82, 2.24) is 9.97 Å². The molecule has 1 aromatic carbocycles. The Morgan fingerprint density at radius 2 is 1.96 bits per heavy atom. The third kappa shape index (κ3) is 3.21. The van der Waals surface area contributed by atoms with Crippen molar-refractivity contribution in [1.29, 1.82) is 0 Å². The molecule has 0 bridgehead atoms. The fourth-order valence-corrected chi connectivity index (χ4v) is 2.64. The summed E-state index contributed by atoms with van der Waals surface area (Å²) in [7, 11) is 0. The lowest BCUT2D eigenvalue weighted by Gasteiger charge is -2.14. The van der Waals surface area contributed by atoms with E-state index < -0.39 is 17.7 Å². The predicted molar refractivity (Wildman–Crippen MR) is 90.6 cm³/mol. The molecule has 7 heteroatoms. The minimum atomic E-state index is -0.782. The Balaban J connectivity index is 1.92. The molecular weight excluding hydrogens is 324 g/mol. The maximum absolute atomic E-state index is 12.4. The van der Waals surface area contributed by atoms with Gasteiger partial charge in [-0.1, -0.05) is 12.1 Å². The molecule has 0 spiro atoms. The van der Waals surface area contributed by atoms with Gasteiger partial charge < -0.3 is 14.1 Å². The van der Waals surface area contributed by atoms with Crippen LogP contribution in [0.2, 0.25) is 0 Å². The van der Waals surface area contributed by atoms with E-state index in [1.165, 1.54) is 13.0 Å². The summed E-state index contributed by atoms with van der Waals surface area (Å²) in [5.41, 5.74) is 0.337. The fraction of sp³-hybridized carbons (Fsp3) is 0.222. The molecule has 1 atom stereocenters. The molecule has 2 aromatic heterocycles. The Bertz CT molecular complexity index is 1050. The minimum Gasteiger partial charge on any atom is -0.451 e. The van der Waals surface area contributed by atoms with Crippen LogP contribution in [0.15, 0.2) is 44.3 Å². The molecule has 0 aliphatic rings. The molecule has 0 fully saturated rings. The van der Waals surface area contributed by atoms with E-state index in [1.54, 1.807) is 38.1 Å². The number of fused-ring (bicyclic) bond motifs is 1. The van der Waals surface area contributed by atoms with Gasteiger partial charge in [0.1, 0.15) is 11.3 Å². The summed E-state index contributed by atoms with van der Waals surface area (Å²) in [4.78, 5) is 42.8. The number of hydrogen-bond acceptors (Lipinski definition) is 6. The van der Waals surface area contributed by atoms with Crippen molar-refractivity contribution < 1.29 is 13.9 Å². The molecule has 0 radical (unpaired) electrons. The summed E-state index contributed by atoms with van der Waals surface area (Å²) in [6.07, 6.45) is -0.782. The van der Waals surface area contributed by atoms with Crippen LogP contribution in [-0.2, 0) is 4.74 Å². The van der Waals surface area contributed by atoms with Gasteiger partial charge in [-0.25, -0.2) is 14.6 Å². The molecule has 128 valence electrons. The second-order valence-electron chi connectivity index (χ2n) is 5.70. The lowest BCUT2D eigenvalue weighted by molar-refractivity contribution is 0.0314. The molecular formula is C18H16N2O5. The number of aryl methyl sites for hydroxylation is 2. The standard InChI is InChI=1S/C18H16N2O5/c1-9-8-14(21)24-10(2)15(9)18(23)25-11(3)16-19-13-7-5-4-6-12(13)17(22)20-16/h4-8,11H,1-3H3,(H,19,20,22)/t11-/m1/s1. The summed E-state index contributed by atoms with van der Waals surface area (Å²) in [6, 6.07) is 8.12. The van der Waals surface area contributed by atoms with Crippen molar-refractivity contribution in [3.05, 3.63) is 73.8 Å². The van der Waals surface area contributed by atoms with Crippen LogP contribution in [0.4, 0.5) is 0 Å². The van der Waals surface area contributed by atoms with Crippen LogP contribution in [0.1, 0.15) is 40.5 Å². The SMILES string of the molecule is Cc1cc(=O)oc(C)c1C(=O)O[C@H](C)c1nc2ccccc2c(=O)[nH]1. The number of nitrogens with one attached hydrogen (secondary N) is 1. The number of H-pyrrole nitrogens is 1. The Hall–Kier alpha value is -3.22. The molecule has 7 nitrogen and oxygen atoms in total. The molecule has 0 aliphatic carbocycles. The lowest BCUT2D eigenvalue weighted by Crippen LogP contribution is -2.19.